The van der Waals surface area contributed by atoms with Gasteiger partial charge < -0.3 is 20.6 Å². The third-order valence-electron chi connectivity index (χ3n) is 13.2. The average Bonchev–Trinajstić information content (AvgIpc) is 3.88. The molecule has 9 rings (SSSR count). The fraction of sp³-hybridized carbons (Fsp3) is 0.467. The Morgan fingerprint density at radius 2 is 1.55 bits per heavy atom. The maximum atomic E-state index is 15.3. The summed E-state index contributed by atoms with van der Waals surface area (Å²) in [6.07, 6.45) is 9.62. The topological polar surface area (TPSA) is 176 Å². The number of aliphatic hydroxyl groups is 1. The Bertz CT molecular complexity index is 2550. The number of amides is 3. The van der Waals surface area contributed by atoms with Gasteiger partial charge in [0.2, 0.25) is 11.8 Å². The molecule has 1 unspecified atom stereocenters. The quantitative estimate of drug-likeness (QED) is 0.142. The smallest absolute Gasteiger partial charge is 0.274 e. The molecule has 324 valence electrons. The van der Waals surface area contributed by atoms with Crippen LogP contribution < -0.4 is 20.9 Å². The number of piperidine rings is 2. The molecule has 17 heteroatoms. The van der Waals surface area contributed by atoms with E-state index in [1.807, 2.05) is 23.0 Å². The predicted molar refractivity (Wildman–Crippen MR) is 229 cm³/mol. The van der Waals surface area contributed by atoms with Crippen molar-refractivity contribution in [2.45, 2.75) is 95.0 Å². The summed E-state index contributed by atoms with van der Waals surface area (Å²) < 4.78 is 34.2. The minimum atomic E-state index is -1.26. The van der Waals surface area contributed by atoms with E-state index in [9.17, 15) is 24.8 Å². The van der Waals surface area contributed by atoms with E-state index in [4.69, 9.17) is 5.10 Å². The fourth-order valence-electron chi connectivity index (χ4n) is 9.90. The van der Waals surface area contributed by atoms with Crippen LogP contribution in [0.3, 0.4) is 0 Å². The van der Waals surface area contributed by atoms with Gasteiger partial charge >= 0.3 is 0 Å². The molecule has 3 amide bonds. The Balaban J connectivity index is 0.770. The molecule has 0 bridgehead atoms. The summed E-state index contributed by atoms with van der Waals surface area (Å²) in [5.41, 5.74) is 2.00. The van der Waals surface area contributed by atoms with Crippen LogP contribution in [0.1, 0.15) is 92.9 Å². The fourth-order valence-corrected chi connectivity index (χ4v) is 9.90. The molecule has 1 atom stereocenters. The maximum Gasteiger partial charge on any atom is 0.274 e. The van der Waals surface area contributed by atoms with Crippen LogP contribution in [0.2, 0.25) is 0 Å². The zero-order chi connectivity index (χ0) is 43.3. The van der Waals surface area contributed by atoms with Gasteiger partial charge in [0, 0.05) is 86.3 Å². The predicted octanol–water partition coefficient (Wildman–Crippen LogP) is 5.30. The van der Waals surface area contributed by atoms with Crippen LogP contribution in [-0.4, -0.2) is 109 Å². The lowest BCUT2D eigenvalue weighted by Crippen LogP contribution is -2.55. The number of nitriles is 1. The molecule has 0 radical (unpaired) electrons. The first-order valence-corrected chi connectivity index (χ1v) is 21.6. The van der Waals surface area contributed by atoms with Crippen molar-refractivity contribution in [1.29, 1.82) is 5.26 Å². The average molecular weight is 848 g/mol. The SMILES string of the molecule is CC(C)(O)c1cc2nn(C3CCC(N4CCN(C5CCN(c6c(F)cc(NC7CCC(=O)NC7=O)cc6F)CC5)CC4)CC3)cc2cc1NC(=O)c1ccc2cc(C#N)cnn12. The lowest BCUT2D eigenvalue weighted by molar-refractivity contribution is -0.133. The molecular weight excluding hydrogens is 797 g/mol. The van der Waals surface area contributed by atoms with Crippen LogP contribution in [0.25, 0.3) is 16.4 Å². The molecular formula is C45H51F2N11O4. The number of piperazine rings is 1. The van der Waals surface area contributed by atoms with Gasteiger partial charge in [-0.05, 0) is 101 Å². The largest absolute Gasteiger partial charge is 0.386 e. The molecule has 1 saturated carbocycles. The molecule has 5 aromatic rings. The summed E-state index contributed by atoms with van der Waals surface area (Å²) in [5, 5.41) is 38.6. The molecule has 3 saturated heterocycles. The van der Waals surface area contributed by atoms with Gasteiger partial charge in [-0.3, -0.25) is 34.2 Å². The number of aromatic nitrogens is 4. The normalized spacial score (nSPS) is 22.2. The van der Waals surface area contributed by atoms with Crippen LogP contribution in [0.5, 0.6) is 0 Å². The van der Waals surface area contributed by atoms with Crippen LogP contribution in [0.15, 0.2) is 54.9 Å². The number of hydrogen-bond donors (Lipinski definition) is 4. The molecule has 4 fully saturated rings. The van der Waals surface area contributed by atoms with Crippen LogP contribution in [-0.2, 0) is 15.2 Å². The van der Waals surface area contributed by atoms with Crippen molar-refractivity contribution in [2.24, 2.45) is 0 Å². The number of hydrogen-bond acceptors (Lipinski definition) is 11. The van der Waals surface area contributed by atoms with Crippen molar-refractivity contribution in [1.82, 2.24) is 34.5 Å². The van der Waals surface area contributed by atoms with Crippen molar-refractivity contribution in [2.75, 3.05) is 54.8 Å². The lowest BCUT2D eigenvalue weighted by Gasteiger charge is -2.46. The molecule has 6 heterocycles. The summed E-state index contributed by atoms with van der Waals surface area (Å²) in [4.78, 5) is 44.1. The monoisotopic (exact) mass is 847 g/mol. The summed E-state index contributed by atoms with van der Waals surface area (Å²) >= 11 is 0. The number of imide groups is 1. The molecule has 2 aromatic carbocycles. The summed E-state index contributed by atoms with van der Waals surface area (Å²) in [6, 6.07) is 13.7. The van der Waals surface area contributed by atoms with E-state index in [1.165, 1.54) is 22.8 Å². The minimum Gasteiger partial charge on any atom is -0.386 e. The first-order chi connectivity index (χ1) is 29.8. The van der Waals surface area contributed by atoms with Gasteiger partial charge in [-0.2, -0.15) is 15.5 Å². The number of halogens is 2. The first kappa shape index (κ1) is 41.4. The summed E-state index contributed by atoms with van der Waals surface area (Å²) in [5.74, 6) is -2.57. The van der Waals surface area contributed by atoms with E-state index >= 15 is 8.78 Å². The Kier molecular flexibility index (Phi) is 11.2. The van der Waals surface area contributed by atoms with Crippen molar-refractivity contribution < 1.29 is 28.3 Å². The molecule has 4 N–H and O–H groups in total. The number of carbonyl (C=O) groups is 3. The van der Waals surface area contributed by atoms with Crippen LogP contribution in [0, 0.1) is 23.0 Å². The zero-order valence-corrected chi connectivity index (χ0v) is 34.9. The second-order valence-corrected chi connectivity index (χ2v) is 17.7. The van der Waals surface area contributed by atoms with Gasteiger partial charge in [0.15, 0.2) is 11.6 Å². The molecule has 3 aliphatic heterocycles. The minimum absolute atomic E-state index is 0.0357. The van der Waals surface area contributed by atoms with Gasteiger partial charge in [0.05, 0.1) is 34.4 Å². The number of carbonyl (C=O) groups excluding carboxylic acids is 3. The highest BCUT2D eigenvalue weighted by Crippen LogP contribution is 2.37. The van der Waals surface area contributed by atoms with Crippen molar-refractivity contribution in [3.05, 3.63) is 83.3 Å². The van der Waals surface area contributed by atoms with E-state index in [0.29, 0.717) is 53.2 Å². The molecule has 15 nitrogen and oxygen atoms in total. The van der Waals surface area contributed by atoms with Gasteiger partial charge in [0.25, 0.3) is 5.91 Å². The highest BCUT2D eigenvalue weighted by molar-refractivity contribution is 6.05. The highest BCUT2D eigenvalue weighted by Gasteiger charge is 2.34. The third kappa shape index (κ3) is 8.34. The van der Waals surface area contributed by atoms with Crippen molar-refractivity contribution in [3.8, 4) is 6.07 Å². The highest BCUT2D eigenvalue weighted by atomic mass is 19.1. The number of nitrogens with zero attached hydrogens (tertiary/aromatic N) is 8. The van der Waals surface area contributed by atoms with Crippen LogP contribution in [0.4, 0.5) is 25.8 Å². The summed E-state index contributed by atoms with van der Waals surface area (Å²) in [6.45, 7) is 8.35. The van der Waals surface area contributed by atoms with E-state index < -0.39 is 29.2 Å². The first-order valence-electron chi connectivity index (χ1n) is 21.6. The molecule has 0 spiro atoms. The summed E-state index contributed by atoms with van der Waals surface area (Å²) in [7, 11) is 0. The number of rotatable bonds is 9. The number of fused-ring (bicyclic) bond motifs is 2. The molecule has 4 aliphatic rings. The lowest BCUT2D eigenvalue weighted by atomic mass is 9.89. The van der Waals surface area contributed by atoms with Gasteiger partial charge in [-0.15, -0.1) is 0 Å². The Morgan fingerprint density at radius 3 is 2.19 bits per heavy atom. The zero-order valence-electron chi connectivity index (χ0n) is 34.9. The Labute approximate surface area is 357 Å². The number of nitrogens with one attached hydrogen (secondary N) is 3. The van der Waals surface area contributed by atoms with E-state index in [1.54, 1.807) is 36.9 Å². The van der Waals surface area contributed by atoms with Crippen LogP contribution >= 0.6 is 0 Å². The van der Waals surface area contributed by atoms with Gasteiger partial charge in [-0.25, -0.2) is 13.3 Å². The van der Waals surface area contributed by atoms with Crippen molar-refractivity contribution in [3.63, 3.8) is 0 Å². The van der Waals surface area contributed by atoms with E-state index in [-0.39, 0.29) is 42.1 Å². The second kappa shape index (κ2) is 16.7. The Morgan fingerprint density at radius 1 is 0.887 bits per heavy atom. The van der Waals surface area contributed by atoms with Crippen molar-refractivity contribution >= 4 is 51.2 Å². The Hall–Kier alpha value is -5.96. The standard InChI is InChI=1S/C45H51F2N11O4/c1-45(2,62)34-23-38-28(20-39(34)51-44(61)40-9-7-33-19-27(24-48)25-49-58(33)40)26-57(53-38)32-5-3-30(4-6-32)54-15-17-55(18-16-54)31-11-13-56(14-12-31)42-35(46)21-29(22-36(42)47)50-37-8-10-41(59)52-43(37)60/h7,9,19-23,25-26,30-32,37,50,62H,3-6,8,10-18H2,1-2H3,(H,51,61)(H,52,59,60). The number of benzene rings is 2. The third-order valence-corrected chi connectivity index (χ3v) is 13.2. The second-order valence-electron chi connectivity index (χ2n) is 17.7. The van der Waals surface area contributed by atoms with E-state index in [0.717, 1.165) is 75.6 Å². The number of anilines is 3. The van der Waals surface area contributed by atoms with E-state index in [2.05, 4.69) is 36.9 Å². The molecule has 62 heavy (non-hydrogen) atoms. The van der Waals surface area contributed by atoms with Gasteiger partial charge in [0.1, 0.15) is 23.5 Å². The molecule has 3 aromatic heterocycles. The molecule has 1 aliphatic carbocycles. The maximum absolute atomic E-state index is 15.3. The van der Waals surface area contributed by atoms with Gasteiger partial charge in [-0.1, -0.05) is 0 Å².